The first-order valence-corrected chi connectivity index (χ1v) is 9.17. The van der Waals surface area contributed by atoms with Gasteiger partial charge in [-0.1, -0.05) is 24.3 Å². The van der Waals surface area contributed by atoms with Crippen molar-refractivity contribution in [2.24, 2.45) is 0 Å². The molecule has 0 saturated heterocycles. The Morgan fingerprint density at radius 3 is 2.33 bits per heavy atom. The van der Waals surface area contributed by atoms with Gasteiger partial charge in [-0.05, 0) is 49.2 Å². The number of amides is 1. The molecule has 0 saturated carbocycles. The summed E-state index contributed by atoms with van der Waals surface area (Å²) in [4.78, 5) is 12.2. The molecule has 0 unspecified atom stereocenters. The van der Waals surface area contributed by atoms with E-state index in [9.17, 15) is 17.6 Å². The van der Waals surface area contributed by atoms with E-state index in [1.54, 1.807) is 50.2 Å². The van der Waals surface area contributed by atoms with Gasteiger partial charge in [-0.3, -0.25) is 4.79 Å². The molecule has 0 aromatic heterocycles. The lowest BCUT2D eigenvalue weighted by atomic mass is 10.1. The lowest BCUT2D eigenvalue weighted by Crippen LogP contribution is -2.24. The molecule has 0 heterocycles. The molecule has 0 aliphatic carbocycles. The SMILES string of the molecule is CC(C)S(=O)(=O)c1ccc(CNC(=O)Cc2cccc(F)c2)cc1. The van der Waals surface area contributed by atoms with Crippen LogP contribution in [0.4, 0.5) is 4.39 Å². The van der Waals surface area contributed by atoms with Crippen molar-refractivity contribution in [3.05, 3.63) is 65.5 Å². The second kappa shape index (κ2) is 7.57. The van der Waals surface area contributed by atoms with E-state index in [1.807, 2.05) is 0 Å². The maximum atomic E-state index is 13.1. The van der Waals surface area contributed by atoms with Crippen molar-refractivity contribution in [3.8, 4) is 0 Å². The topological polar surface area (TPSA) is 63.2 Å². The van der Waals surface area contributed by atoms with Crippen LogP contribution in [-0.4, -0.2) is 19.6 Å². The zero-order valence-electron chi connectivity index (χ0n) is 13.6. The quantitative estimate of drug-likeness (QED) is 0.872. The summed E-state index contributed by atoms with van der Waals surface area (Å²) in [6.07, 6.45) is 0.0948. The van der Waals surface area contributed by atoms with Crippen LogP contribution in [0.5, 0.6) is 0 Å². The molecule has 2 rings (SSSR count). The second-order valence-corrected chi connectivity index (χ2v) is 8.33. The smallest absolute Gasteiger partial charge is 0.224 e. The maximum Gasteiger partial charge on any atom is 0.224 e. The van der Waals surface area contributed by atoms with E-state index in [1.165, 1.54) is 12.1 Å². The van der Waals surface area contributed by atoms with Gasteiger partial charge in [0.2, 0.25) is 5.91 Å². The van der Waals surface area contributed by atoms with Crippen LogP contribution in [0.3, 0.4) is 0 Å². The van der Waals surface area contributed by atoms with Crippen molar-refractivity contribution in [1.82, 2.24) is 5.32 Å². The highest BCUT2D eigenvalue weighted by Crippen LogP contribution is 2.16. The number of hydrogen-bond donors (Lipinski definition) is 1. The van der Waals surface area contributed by atoms with E-state index in [2.05, 4.69) is 5.32 Å². The number of sulfone groups is 1. The molecule has 1 N–H and O–H groups in total. The highest BCUT2D eigenvalue weighted by Gasteiger charge is 2.18. The lowest BCUT2D eigenvalue weighted by Gasteiger charge is -2.09. The Bertz CT molecular complexity index is 814. The van der Waals surface area contributed by atoms with Crippen LogP contribution >= 0.6 is 0 Å². The van der Waals surface area contributed by atoms with Gasteiger partial charge in [0.05, 0.1) is 16.6 Å². The van der Waals surface area contributed by atoms with Crippen LogP contribution in [0.25, 0.3) is 0 Å². The van der Waals surface area contributed by atoms with Crippen LogP contribution in [-0.2, 0) is 27.6 Å². The molecule has 0 atom stereocenters. The van der Waals surface area contributed by atoms with Crippen molar-refractivity contribution in [2.75, 3.05) is 0 Å². The maximum absolute atomic E-state index is 13.1. The molecule has 1 amide bonds. The Hall–Kier alpha value is -2.21. The molecule has 0 radical (unpaired) electrons. The Morgan fingerprint density at radius 2 is 1.75 bits per heavy atom. The summed E-state index contributed by atoms with van der Waals surface area (Å²) in [5.41, 5.74) is 1.40. The zero-order valence-corrected chi connectivity index (χ0v) is 14.4. The van der Waals surface area contributed by atoms with E-state index in [0.717, 1.165) is 5.56 Å². The van der Waals surface area contributed by atoms with Gasteiger partial charge in [0.25, 0.3) is 0 Å². The summed E-state index contributed by atoms with van der Waals surface area (Å²) in [7, 11) is -3.29. The number of carbonyl (C=O) groups is 1. The molecular weight excluding hydrogens is 329 g/mol. The zero-order chi connectivity index (χ0) is 17.7. The first-order valence-electron chi connectivity index (χ1n) is 7.63. The lowest BCUT2D eigenvalue weighted by molar-refractivity contribution is -0.120. The van der Waals surface area contributed by atoms with E-state index >= 15 is 0 Å². The fourth-order valence-electron chi connectivity index (χ4n) is 2.16. The first-order chi connectivity index (χ1) is 11.3. The molecule has 24 heavy (non-hydrogen) atoms. The number of halogens is 1. The van der Waals surface area contributed by atoms with E-state index < -0.39 is 15.1 Å². The minimum Gasteiger partial charge on any atom is -0.352 e. The van der Waals surface area contributed by atoms with Gasteiger partial charge in [-0.2, -0.15) is 0 Å². The molecule has 0 fully saturated rings. The molecule has 0 bridgehead atoms. The summed E-state index contributed by atoms with van der Waals surface area (Å²) in [5, 5.41) is 2.26. The minimum atomic E-state index is -3.29. The van der Waals surface area contributed by atoms with E-state index in [-0.39, 0.29) is 29.6 Å². The van der Waals surface area contributed by atoms with Crippen LogP contribution in [0, 0.1) is 5.82 Å². The number of rotatable bonds is 6. The Kier molecular flexibility index (Phi) is 5.72. The molecular formula is C18H20FNO3S. The average Bonchev–Trinajstić information content (AvgIpc) is 2.53. The highest BCUT2D eigenvalue weighted by atomic mass is 32.2. The summed E-state index contributed by atoms with van der Waals surface area (Å²) < 4.78 is 37.2. The monoisotopic (exact) mass is 349 g/mol. The van der Waals surface area contributed by atoms with Gasteiger partial charge in [-0.25, -0.2) is 12.8 Å². The molecule has 4 nitrogen and oxygen atoms in total. The van der Waals surface area contributed by atoms with Crippen molar-refractivity contribution in [3.63, 3.8) is 0 Å². The number of carbonyl (C=O) groups excluding carboxylic acids is 1. The molecule has 2 aromatic carbocycles. The van der Waals surface area contributed by atoms with Gasteiger partial charge in [-0.15, -0.1) is 0 Å². The first kappa shape index (κ1) is 18.1. The van der Waals surface area contributed by atoms with Gasteiger partial charge in [0.1, 0.15) is 5.82 Å². The molecule has 128 valence electrons. The van der Waals surface area contributed by atoms with Crippen molar-refractivity contribution >= 4 is 15.7 Å². The van der Waals surface area contributed by atoms with Gasteiger partial charge in [0.15, 0.2) is 9.84 Å². The van der Waals surface area contributed by atoms with E-state index in [4.69, 9.17) is 0 Å². The van der Waals surface area contributed by atoms with Crippen molar-refractivity contribution in [2.45, 2.75) is 37.0 Å². The summed E-state index contributed by atoms with van der Waals surface area (Å²) >= 11 is 0. The van der Waals surface area contributed by atoms with Crippen LogP contribution in [0.15, 0.2) is 53.4 Å². The largest absolute Gasteiger partial charge is 0.352 e. The molecule has 0 aliphatic heterocycles. The predicted octanol–water partition coefficient (Wildman–Crippen LogP) is 2.87. The fourth-order valence-corrected chi connectivity index (χ4v) is 3.22. The molecule has 2 aromatic rings. The Morgan fingerprint density at radius 1 is 1.08 bits per heavy atom. The van der Waals surface area contributed by atoms with Crippen LogP contribution in [0.2, 0.25) is 0 Å². The van der Waals surface area contributed by atoms with Crippen molar-refractivity contribution < 1.29 is 17.6 Å². The molecule has 6 heteroatoms. The third kappa shape index (κ3) is 4.64. The Labute approximate surface area is 141 Å². The summed E-state index contributed by atoms with van der Waals surface area (Å²) in [5.74, 6) is -0.596. The van der Waals surface area contributed by atoms with Gasteiger partial charge in [0, 0.05) is 6.54 Å². The molecule has 0 spiro atoms. The number of nitrogens with one attached hydrogen (secondary N) is 1. The second-order valence-electron chi connectivity index (χ2n) is 5.82. The summed E-state index contributed by atoms with van der Waals surface area (Å²) in [6.45, 7) is 3.56. The predicted molar refractivity (Wildman–Crippen MR) is 90.7 cm³/mol. The normalized spacial score (nSPS) is 11.5. The van der Waals surface area contributed by atoms with Crippen LogP contribution in [0.1, 0.15) is 25.0 Å². The van der Waals surface area contributed by atoms with Gasteiger partial charge >= 0.3 is 0 Å². The van der Waals surface area contributed by atoms with Gasteiger partial charge < -0.3 is 5.32 Å². The minimum absolute atomic E-state index is 0.0948. The summed E-state index contributed by atoms with van der Waals surface area (Å²) in [6, 6.07) is 12.3. The van der Waals surface area contributed by atoms with Crippen LogP contribution < -0.4 is 5.32 Å². The average molecular weight is 349 g/mol. The van der Waals surface area contributed by atoms with E-state index in [0.29, 0.717) is 5.56 Å². The standard InChI is InChI=1S/C18H20FNO3S/c1-13(2)24(22,23)17-8-6-14(7-9-17)12-20-18(21)11-15-4-3-5-16(19)10-15/h3-10,13H,11-12H2,1-2H3,(H,20,21). The number of hydrogen-bond acceptors (Lipinski definition) is 3. The number of benzene rings is 2. The third-order valence-electron chi connectivity index (χ3n) is 3.62. The highest BCUT2D eigenvalue weighted by molar-refractivity contribution is 7.92. The third-order valence-corrected chi connectivity index (χ3v) is 5.79. The Balaban J connectivity index is 1.94. The fraction of sp³-hybridized carbons (Fsp3) is 0.278. The molecule has 0 aliphatic rings. The van der Waals surface area contributed by atoms with Crippen molar-refractivity contribution in [1.29, 1.82) is 0 Å².